The minimum Gasteiger partial charge on any atom is -0.384 e. The molecule has 1 saturated carbocycles. The van der Waals surface area contributed by atoms with E-state index < -0.39 is 29.2 Å². The summed E-state index contributed by atoms with van der Waals surface area (Å²) in [5, 5.41) is 16.3. The number of benzene rings is 1. The number of aromatic nitrogens is 1. The quantitative estimate of drug-likeness (QED) is 0.513. The first-order chi connectivity index (χ1) is 17.6. The Labute approximate surface area is 212 Å². The molecule has 0 spiro atoms. The summed E-state index contributed by atoms with van der Waals surface area (Å²) < 4.78 is 38.6. The first kappa shape index (κ1) is 26.6. The van der Waals surface area contributed by atoms with E-state index in [9.17, 15) is 27.9 Å². The number of carbonyl (C=O) groups is 2. The lowest BCUT2D eigenvalue weighted by Crippen LogP contribution is -2.45. The molecule has 2 fully saturated rings. The molecular formula is C26H28F3N5O3. The van der Waals surface area contributed by atoms with Crippen LogP contribution < -0.4 is 10.6 Å². The van der Waals surface area contributed by atoms with Crippen LogP contribution in [0, 0.1) is 6.57 Å². The first-order valence-electron chi connectivity index (χ1n) is 12.1. The Hall–Kier alpha value is -3.49. The maximum Gasteiger partial charge on any atom is 0.416 e. The van der Waals surface area contributed by atoms with Crippen LogP contribution >= 0.6 is 0 Å². The number of rotatable bonds is 6. The average Bonchev–Trinajstić information content (AvgIpc) is 3.35. The second kappa shape index (κ2) is 10.9. The van der Waals surface area contributed by atoms with Gasteiger partial charge >= 0.3 is 6.18 Å². The summed E-state index contributed by atoms with van der Waals surface area (Å²) in [6.45, 7) is 8.14. The van der Waals surface area contributed by atoms with Gasteiger partial charge in [-0.25, -0.2) is 4.85 Å². The van der Waals surface area contributed by atoms with Crippen LogP contribution in [0.3, 0.4) is 0 Å². The second-order valence-corrected chi connectivity index (χ2v) is 9.59. The highest BCUT2D eigenvalue weighted by Crippen LogP contribution is 2.38. The van der Waals surface area contributed by atoms with Gasteiger partial charge in [-0.15, -0.1) is 0 Å². The van der Waals surface area contributed by atoms with Gasteiger partial charge in [0.05, 0.1) is 24.4 Å². The molecule has 1 aliphatic carbocycles. The Balaban J connectivity index is 1.21. The van der Waals surface area contributed by atoms with Gasteiger partial charge in [0.15, 0.2) is 0 Å². The maximum atomic E-state index is 12.9. The van der Waals surface area contributed by atoms with Gasteiger partial charge < -0.3 is 15.7 Å². The minimum absolute atomic E-state index is 0.0957. The van der Waals surface area contributed by atoms with Crippen molar-refractivity contribution in [1.82, 2.24) is 20.5 Å². The van der Waals surface area contributed by atoms with Crippen LogP contribution in [0.5, 0.6) is 0 Å². The van der Waals surface area contributed by atoms with E-state index in [-0.39, 0.29) is 24.2 Å². The zero-order chi connectivity index (χ0) is 26.6. The van der Waals surface area contributed by atoms with Crippen LogP contribution in [0.1, 0.15) is 53.7 Å². The van der Waals surface area contributed by atoms with Gasteiger partial charge in [0.1, 0.15) is 5.60 Å². The van der Waals surface area contributed by atoms with Crippen LogP contribution in [-0.2, 0) is 16.6 Å². The Morgan fingerprint density at radius 3 is 2.59 bits per heavy atom. The second-order valence-electron chi connectivity index (χ2n) is 9.59. The average molecular weight is 516 g/mol. The van der Waals surface area contributed by atoms with Crippen LogP contribution in [-0.4, -0.2) is 58.5 Å². The predicted molar refractivity (Wildman–Crippen MR) is 129 cm³/mol. The lowest BCUT2D eigenvalue weighted by Gasteiger charge is -2.39. The van der Waals surface area contributed by atoms with Crippen LogP contribution in [0.25, 0.3) is 4.85 Å². The molecule has 196 valence electrons. The van der Waals surface area contributed by atoms with Crippen molar-refractivity contribution in [2.45, 2.75) is 56.0 Å². The largest absolute Gasteiger partial charge is 0.416 e. The van der Waals surface area contributed by atoms with Crippen molar-refractivity contribution in [3.8, 4) is 0 Å². The first-order valence-corrected chi connectivity index (χ1v) is 12.1. The van der Waals surface area contributed by atoms with Crippen molar-refractivity contribution < 1.29 is 27.9 Å². The summed E-state index contributed by atoms with van der Waals surface area (Å²) >= 11 is 0. The van der Waals surface area contributed by atoms with E-state index in [1.54, 1.807) is 12.1 Å². The van der Waals surface area contributed by atoms with Gasteiger partial charge in [0, 0.05) is 36.9 Å². The van der Waals surface area contributed by atoms with Crippen molar-refractivity contribution in [3.63, 3.8) is 0 Å². The number of nitrogens with zero attached hydrogens (tertiary/aromatic N) is 3. The molecule has 1 aromatic carbocycles. The monoisotopic (exact) mass is 515 g/mol. The number of hydrogen-bond donors (Lipinski definition) is 3. The molecule has 0 radical (unpaired) electrons. The van der Waals surface area contributed by atoms with Gasteiger partial charge in [-0.1, -0.05) is 12.1 Å². The molecule has 1 aliphatic heterocycles. The topological polar surface area (TPSA) is 98.9 Å². The minimum atomic E-state index is -4.56. The van der Waals surface area contributed by atoms with E-state index in [4.69, 9.17) is 6.57 Å². The van der Waals surface area contributed by atoms with Gasteiger partial charge in [-0.05, 0) is 56.4 Å². The number of aliphatic hydroxyl groups is 1. The van der Waals surface area contributed by atoms with E-state index in [1.807, 2.05) is 0 Å². The molecule has 2 aliphatic rings. The molecule has 8 nitrogen and oxygen atoms in total. The Bertz CT molecular complexity index is 1170. The summed E-state index contributed by atoms with van der Waals surface area (Å²) in [5.41, 5.74) is -1.09. The maximum absolute atomic E-state index is 12.9. The fraction of sp³-hybridized carbons (Fsp3) is 0.462. The molecule has 2 heterocycles. The summed E-state index contributed by atoms with van der Waals surface area (Å²) in [6, 6.07) is 7.60. The van der Waals surface area contributed by atoms with Crippen molar-refractivity contribution >= 4 is 17.5 Å². The zero-order valence-electron chi connectivity index (χ0n) is 20.1. The molecule has 11 heteroatoms. The Kier molecular flexibility index (Phi) is 7.80. The normalized spacial score (nSPS) is 24.3. The third-order valence-electron chi connectivity index (χ3n) is 7.10. The van der Waals surface area contributed by atoms with Gasteiger partial charge in [0.2, 0.25) is 11.6 Å². The molecule has 1 atom stereocenters. The van der Waals surface area contributed by atoms with E-state index in [0.717, 1.165) is 44.0 Å². The number of halogens is 3. The number of amides is 2. The molecule has 2 aromatic rings. The fourth-order valence-corrected chi connectivity index (χ4v) is 5.04. The molecule has 4 rings (SSSR count). The number of pyridine rings is 1. The smallest absolute Gasteiger partial charge is 0.384 e. The van der Waals surface area contributed by atoms with Gasteiger partial charge in [-0.2, -0.15) is 13.2 Å². The molecule has 37 heavy (non-hydrogen) atoms. The standard InChI is InChI=1S/C26H28F3N5O3/c1-30-19-5-6-22(31-14-19)25(37)10-7-21(8-11-25)34-12-9-20(16-34)33-23(35)15-32-24(36)17-3-2-4-18(13-17)26(27,28)29/h2-6,13-14,20-21,37H,7-12,15-16H2,(H,32,36)(H,33,35)/t20-,21?,25?/m1/s1. The van der Waals surface area contributed by atoms with Crippen molar-refractivity contribution in [2.24, 2.45) is 0 Å². The fourth-order valence-electron chi connectivity index (χ4n) is 5.04. The molecule has 2 amide bonds. The lowest BCUT2D eigenvalue weighted by atomic mass is 9.79. The number of nitrogens with one attached hydrogen (secondary N) is 2. The van der Waals surface area contributed by atoms with Crippen LogP contribution in [0.2, 0.25) is 0 Å². The third kappa shape index (κ3) is 6.45. The Morgan fingerprint density at radius 2 is 1.95 bits per heavy atom. The van der Waals surface area contributed by atoms with E-state index in [2.05, 4.69) is 25.4 Å². The molecular weight excluding hydrogens is 487 g/mol. The van der Waals surface area contributed by atoms with Crippen LogP contribution in [0.4, 0.5) is 18.9 Å². The van der Waals surface area contributed by atoms with Gasteiger partial charge in [-0.3, -0.25) is 19.5 Å². The highest BCUT2D eigenvalue weighted by molar-refractivity contribution is 5.96. The molecule has 0 bridgehead atoms. The molecule has 1 aromatic heterocycles. The predicted octanol–water partition coefficient (Wildman–Crippen LogP) is 3.40. The van der Waals surface area contributed by atoms with Crippen molar-refractivity contribution in [2.75, 3.05) is 19.6 Å². The van der Waals surface area contributed by atoms with Gasteiger partial charge in [0.25, 0.3) is 5.91 Å². The molecule has 0 unspecified atom stereocenters. The van der Waals surface area contributed by atoms with E-state index >= 15 is 0 Å². The Morgan fingerprint density at radius 1 is 1.19 bits per heavy atom. The molecule has 3 N–H and O–H groups in total. The van der Waals surface area contributed by atoms with E-state index in [0.29, 0.717) is 30.8 Å². The highest BCUT2D eigenvalue weighted by atomic mass is 19.4. The summed E-state index contributed by atoms with van der Waals surface area (Å²) in [4.78, 5) is 34.4. The number of carbonyl (C=O) groups excluding carboxylic acids is 2. The summed E-state index contributed by atoms with van der Waals surface area (Å²) in [6.07, 6.45) is 0.317. The summed E-state index contributed by atoms with van der Waals surface area (Å²) in [5.74, 6) is -1.15. The zero-order valence-corrected chi connectivity index (χ0v) is 20.1. The number of likely N-dealkylation sites (tertiary alicyclic amines) is 1. The number of hydrogen-bond acceptors (Lipinski definition) is 5. The lowest BCUT2D eigenvalue weighted by molar-refractivity contribution is -0.137. The van der Waals surface area contributed by atoms with Crippen molar-refractivity contribution in [1.29, 1.82) is 0 Å². The highest BCUT2D eigenvalue weighted by Gasteiger charge is 2.39. The SMILES string of the molecule is [C-]#[N+]c1ccc(C2(O)CCC(N3CC[C@@H](NC(=O)CNC(=O)c4cccc(C(F)(F)F)c4)C3)CC2)nc1. The van der Waals surface area contributed by atoms with Crippen molar-refractivity contribution in [3.05, 3.63) is 70.8 Å². The third-order valence-corrected chi connectivity index (χ3v) is 7.10. The summed E-state index contributed by atoms with van der Waals surface area (Å²) in [7, 11) is 0. The number of alkyl halides is 3. The van der Waals surface area contributed by atoms with Crippen LogP contribution in [0.15, 0.2) is 42.6 Å². The molecule has 1 saturated heterocycles. The van der Waals surface area contributed by atoms with E-state index in [1.165, 1.54) is 12.3 Å².